The zero-order chi connectivity index (χ0) is 11.3. The smallest absolute Gasteiger partial charge is 0.427 e. The zero-order valence-electron chi connectivity index (χ0n) is 8.67. The highest BCUT2D eigenvalue weighted by Gasteiger charge is 2.23. The van der Waals surface area contributed by atoms with Gasteiger partial charge in [-0.1, -0.05) is 37.3 Å². The molecule has 1 rings (SSSR count). The van der Waals surface area contributed by atoms with E-state index in [-0.39, 0.29) is 18.2 Å². The van der Waals surface area contributed by atoms with Crippen LogP contribution in [0.2, 0.25) is 6.32 Å². The Morgan fingerprint density at radius 3 is 2.40 bits per heavy atom. The summed E-state index contributed by atoms with van der Waals surface area (Å²) in [7, 11) is -1.42. The average Bonchev–Trinajstić information content (AvgIpc) is 2.26. The number of hydrogen-bond acceptors (Lipinski definition) is 3. The maximum Gasteiger partial charge on any atom is 0.452 e. The molecule has 4 heteroatoms. The van der Waals surface area contributed by atoms with Gasteiger partial charge in [0.05, 0.1) is 12.0 Å². The molecule has 15 heavy (non-hydrogen) atoms. The van der Waals surface area contributed by atoms with Crippen molar-refractivity contribution >= 4 is 7.12 Å². The highest BCUT2D eigenvalue weighted by Crippen LogP contribution is 2.26. The van der Waals surface area contributed by atoms with Crippen LogP contribution in [-0.4, -0.2) is 17.2 Å². The fourth-order valence-corrected chi connectivity index (χ4v) is 1.58. The molecule has 2 atom stereocenters. The monoisotopic (exact) mass is 203 g/mol. The summed E-state index contributed by atoms with van der Waals surface area (Å²) < 4.78 is 0. The van der Waals surface area contributed by atoms with Crippen molar-refractivity contribution in [3.05, 3.63) is 35.9 Å². The first-order valence-electron chi connectivity index (χ1n) is 4.96. The third-order valence-corrected chi connectivity index (χ3v) is 2.56. The van der Waals surface area contributed by atoms with Gasteiger partial charge in [0.25, 0.3) is 0 Å². The normalized spacial score (nSPS) is 14.0. The van der Waals surface area contributed by atoms with E-state index >= 15 is 0 Å². The molecule has 0 radical (unpaired) electrons. The summed E-state index contributed by atoms with van der Waals surface area (Å²) in [5.41, 5.74) is 1.05. The van der Waals surface area contributed by atoms with Gasteiger partial charge in [-0.2, -0.15) is 5.26 Å². The van der Waals surface area contributed by atoms with Gasteiger partial charge in [0.1, 0.15) is 0 Å². The first-order valence-corrected chi connectivity index (χ1v) is 4.96. The van der Waals surface area contributed by atoms with Crippen molar-refractivity contribution in [2.75, 3.05) is 0 Å². The van der Waals surface area contributed by atoms with E-state index in [1.54, 1.807) is 0 Å². The predicted octanol–water partition coefficient (Wildman–Crippen LogP) is 1.40. The Morgan fingerprint density at radius 1 is 1.33 bits per heavy atom. The minimum absolute atomic E-state index is 0.0120. The van der Waals surface area contributed by atoms with E-state index in [0.717, 1.165) is 5.56 Å². The molecule has 1 aromatic carbocycles. The molecular weight excluding hydrogens is 189 g/mol. The Labute approximate surface area is 90.1 Å². The SMILES string of the molecule is CC(c1ccccc1)C(C#N)CB(O)O. The minimum Gasteiger partial charge on any atom is -0.427 e. The van der Waals surface area contributed by atoms with E-state index in [0.29, 0.717) is 0 Å². The molecule has 0 aliphatic rings. The molecule has 2 N–H and O–H groups in total. The molecule has 2 unspecified atom stereocenters. The van der Waals surface area contributed by atoms with Crippen LogP contribution >= 0.6 is 0 Å². The van der Waals surface area contributed by atoms with Crippen LogP contribution < -0.4 is 0 Å². The molecule has 0 heterocycles. The third kappa shape index (κ3) is 3.39. The van der Waals surface area contributed by atoms with Crippen LogP contribution in [0.5, 0.6) is 0 Å². The van der Waals surface area contributed by atoms with Gasteiger partial charge in [-0.3, -0.25) is 0 Å². The van der Waals surface area contributed by atoms with E-state index in [4.69, 9.17) is 15.3 Å². The first-order chi connectivity index (χ1) is 7.15. The molecule has 0 amide bonds. The second-order valence-electron chi connectivity index (χ2n) is 3.65. The first kappa shape index (κ1) is 11.8. The Morgan fingerprint density at radius 2 is 1.93 bits per heavy atom. The molecule has 0 aliphatic carbocycles. The maximum atomic E-state index is 8.93. The molecular formula is C11H14BNO2. The van der Waals surface area contributed by atoms with Crippen LogP contribution in [0.15, 0.2) is 30.3 Å². The summed E-state index contributed by atoms with van der Waals surface area (Å²) in [6.45, 7) is 1.92. The summed E-state index contributed by atoms with van der Waals surface area (Å²) in [6, 6.07) is 11.7. The Kier molecular flexibility index (Phi) is 4.35. The van der Waals surface area contributed by atoms with Crippen LogP contribution in [0, 0.1) is 17.2 Å². The fourth-order valence-electron chi connectivity index (χ4n) is 1.58. The lowest BCUT2D eigenvalue weighted by molar-refractivity contribution is 0.390. The molecule has 3 nitrogen and oxygen atoms in total. The van der Waals surface area contributed by atoms with E-state index in [1.165, 1.54) is 0 Å². The van der Waals surface area contributed by atoms with Crippen molar-refractivity contribution in [3.63, 3.8) is 0 Å². The molecule has 0 saturated carbocycles. The number of rotatable bonds is 4. The van der Waals surface area contributed by atoms with Gasteiger partial charge in [-0.05, 0) is 17.8 Å². The largest absolute Gasteiger partial charge is 0.452 e. The summed E-state index contributed by atoms with van der Waals surface area (Å²) >= 11 is 0. The number of nitriles is 1. The maximum absolute atomic E-state index is 8.93. The van der Waals surface area contributed by atoms with Crippen molar-refractivity contribution in [2.45, 2.75) is 19.2 Å². The Hall–Kier alpha value is -1.31. The summed E-state index contributed by atoms with van der Waals surface area (Å²) in [5.74, 6) is -0.356. The van der Waals surface area contributed by atoms with Gasteiger partial charge in [-0.15, -0.1) is 0 Å². The Balaban J connectivity index is 2.74. The molecule has 0 saturated heterocycles. The molecule has 1 aromatic rings. The van der Waals surface area contributed by atoms with Crippen LogP contribution in [0.4, 0.5) is 0 Å². The minimum atomic E-state index is -1.42. The predicted molar refractivity (Wildman–Crippen MR) is 59.0 cm³/mol. The second kappa shape index (κ2) is 5.55. The van der Waals surface area contributed by atoms with Crippen LogP contribution in [-0.2, 0) is 0 Å². The van der Waals surface area contributed by atoms with Gasteiger partial charge in [0.2, 0.25) is 0 Å². The van der Waals surface area contributed by atoms with E-state index < -0.39 is 7.12 Å². The lowest BCUT2D eigenvalue weighted by atomic mass is 9.73. The van der Waals surface area contributed by atoms with Gasteiger partial charge in [0.15, 0.2) is 0 Å². The summed E-state index contributed by atoms with van der Waals surface area (Å²) in [5, 5.41) is 26.6. The molecule has 0 bridgehead atoms. The van der Waals surface area contributed by atoms with Crippen molar-refractivity contribution in [3.8, 4) is 6.07 Å². The average molecular weight is 203 g/mol. The Bertz CT molecular complexity index is 334. The molecule has 0 aromatic heterocycles. The summed E-state index contributed by atoms with van der Waals surface area (Å²) in [6.07, 6.45) is 0.0898. The van der Waals surface area contributed by atoms with Gasteiger partial charge in [-0.25, -0.2) is 0 Å². The van der Waals surface area contributed by atoms with Crippen molar-refractivity contribution < 1.29 is 10.0 Å². The van der Waals surface area contributed by atoms with Crippen LogP contribution in [0.25, 0.3) is 0 Å². The quantitative estimate of drug-likeness (QED) is 0.727. The topological polar surface area (TPSA) is 64.2 Å². The van der Waals surface area contributed by atoms with Crippen molar-refractivity contribution in [1.82, 2.24) is 0 Å². The van der Waals surface area contributed by atoms with Crippen LogP contribution in [0.1, 0.15) is 18.4 Å². The molecule has 78 valence electrons. The standard InChI is InChI=1S/C11H14BNO2/c1-9(10-5-3-2-4-6-10)11(8-13)7-12(14)15/h2-6,9,11,14-15H,7H2,1H3. The summed E-state index contributed by atoms with van der Waals surface area (Å²) in [4.78, 5) is 0. The van der Waals surface area contributed by atoms with Crippen molar-refractivity contribution in [1.29, 1.82) is 5.26 Å². The number of hydrogen-bond donors (Lipinski definition) is 2. The lowest BCUT2D eigenvalue weighted by Crippen LogP contribution is -2.19. The fraction of sp³-hybridized carbons (Fsp3) is 0.364. The van der Waals surface area contributed by atoms with Crippen LogP contribution in [0.3, 0.4) is 0 Å². The highest BCUT2D eigenvalue weighted by molar-refractivity contribution is 6.41. The van der Waals surface area contributed by atoms with E-state index in [1.807, 2.05) is 37.3 Å². The van der Waals surface area contributed by atoms with Gasteiger partial charge >= 0.3 is 7.12 Å². The second-order valence-corrected chi connectivity index (χ2v) is 3.65. The zero-order valence-corrected chi connectivity index (χ0v) is 8.67. The van der Waals surface area contributed by atoms with E-state index in [2.05, 4.69) is 6.07 Å². The molecule has 0 spiro atoms. The van der Waals surface area contributed by atoms with Crippen molar-refractivity contribution in [2.24, 2.45) is 5.92 Å². The highest BCUT2D eigenvalue weighted by atomic mass is 16.4. The number of nitrogens with zero attached hydrogens (tertiary/aromatic N) is 1. The van der Waals surface area contributed by atoms with Gasteiger partial charge in [0, 0.05) is 0 Å². The number of benzene rings is 1. The molecule has 0 aliphatic heterocycles. The van der Waals surface area contributed by atoms with Gasteiger partial charge < -0.3 is 10.0 Å². The third-order valence-electron chi connectivity index (χ3n) is 2.56. The van der Waals surface area contributed by atoms with E-state index in [9.17, 15) is 0 Å². The molecule has 0 fully saturated rings. The lowest BCUT2D eigenvalue weighted by Gasteiger charge is -2.17.